The maximum Gasteiger partial charge on any atom is 0.225 e. The van der Waals surface area contributed by atoms with Crippen LogP contribution in [0.1, 0.15) is 60.8 Å². The van der Waals surface area contributed by atoms with Crippen molar-refractivity contribution in [3.63, 3.8) is 0 Å². The van der Waals surface area contributed by atoms with Gasteiger partial charge in [0, 0.05) is 5.92 Å². The Balaban J connectivity index is 3.05. The molecule has 0 aliphatic heterocycles. The lowest BCUT2D eigenvalue weighted by Gasteiger charge is -2.47. The Labute approximate surface area is 111 Å². The molecule has 1 saturated carbocycles. The molecule has 0 radical (unpaired) electrons. The number of carbonyl (C=O) groups excluding carboxylic acids is 1. The van der Waals surface area contributed by atoms with E-state index in [1.54, 1.807) is 0 Å². The average Bonchev–Trinajstić information content (AvgIpc) is 2.13. The average molecular weight is 259 g/mol. The molecule has 2 unspecified atom stereocenters. The molecule has 1 aliphatic rings. The van der Waals surface area contributed by atoms with Crippen LogP contribution in [0, 0.1) is 28.6 Å². The smallest absolute Gasteiger partial charge is 0.225 e. The first kappa shape index (κ1) is 15.0. The van der Waals surface area contributed by atoms with Gasteiger partial charge in [0.05, 0.1) is 0 Å². The van der Waals surface area contributed by atoms with E-state index >= 15 is 0 Å². The largest absolute Gasteiger partial charge is 0.281 e. The number of halogens is 1. The number of rotatable bonds is 1. The van der Waals surface area contributed by atoms with Crippen molar-refractivity contribution < 1.29 is 4.79 Å². The summed E-state index contributed by atoms with van der Waals surface area (Å²) < 4.78 is 0. The van der Waals surface area contributed by atoms with Gasteiger partial charge in [0.1, 0.15) is 0 Å². The Morgan fingerprint density at radius 2 is 1.29 bits per heavy atom. The Kier molecular flexibility index (Phi) is 4.34. The standard InChI is InChI=1S/C15H27ClO/c1-14(2,3)10-8-7-9-11(15(4,5)6)12(10)13(16)17/h10-12H,7-9H2,1-6H3. The lowest BCUT2D eigenvalue weighted by Crippen LogP contribution is -2.44. The van der Waals surface area contributed by atoms with E-state index in [0.717, 1.165) is 12.8 Å². The summed E-state index contributed by atoms with van der Waals surface area (Å²) in [6, 6.07) is 0. The molecule has 0 saturated heterocycles. The lowest BCUT2D eigenvalue weighted by molar-refractivity contribution is -0.125. The van der Waals surface area contributed by atoms with Gasteiger partial charge in [-0.2, -0.15) is 0 Å². The minimum atomic E-state index is -0.121. The van der Waals surface area contributed by atoms with Crippen LogP contribution in [0.15, 0.2) is 0 Å². The maximum absolute atomic E-state index is 11.9. The quantitative estimate of drug-likeness (QED) is 0.613. The molecule has 0 amide bonds. The van der Waals surface area contributed by atoms with Crippen molar-refractivity contribution in [2.45, 2.75) is 60.8 Å². The summed E-state index contributed by atoms with van der Waals surface area (Å²) in [5, 5.41) is -0.121. The van der Waals surface area contributed by atoms with Crippen molar-refractivity contribution in [1.29, 1.82) is 0 Å². The highest BCUT2D eigenvalue weighted by atomic mass is 35.5. The molecule has 0 aromatic carbocycles. The van der Waals surface area contributed by atoms with E-state index in [9.17, 15) is 4.79 Å². The Morgan fingerprint density at radius 3 is 1.53 bits per heavy atom. The van der Waals surface area contributed by atoms with Crippen molar-refractivity contribution in [1.82, 2.24) is 0 Å². The first-order valence-corrected chi connectivity index (χ1v) is 7.12. The SMILES string of the molecule is CC(C)(C)C1CCCC(C(C)(C)C)C1C(=O)Cl. The minimum absolute atomic E-state index is 0.0328. The summed E-state index contributed by atoms with van der Waals surface area (Å²) in [6.07, 6.45) is 3.50. The number of hydrogen-bond donors (Lipinski definition) is 0. The maximum atomic E-state index is 11.9. The van der Waals surface area contributed by atoms with E-state index in [4.69, 9.17) is 11.6 Å². The van der Waals surface area contributed by atoms with E-state index in [1.807, 2.05) is 0 Å². The van der Waals surface area contributed by atoms with Gasteiger partial charge in [0.2, 0.25) is 5.24 Å². The van der Waals surface area contributed by atoms with E-state index in [-0.39, 0.29) is 22.0 Å². The van der Waals surface area contributed by atoms with Crippen molar-refractivity contribution in [3.05, 3.63) is 0 Å². The summed E-state index contributed by atoms with van der Waals surface area (Å²) in [6.45, 7) is 13.4. The molecule has 1 aliphatic carbocycles. The van der Waals surface area contributed by atoms with Crippen LogP contribution in [0.2, 0.25) is 0 Å². The van der Waals surface area contributed by atoms with Crippen LogP contribution in [0.5, 0.6) is 0 Å². The fraction of sp³-hybridized carbons (Fsp3) is 0.933. The van der Waals surface area contributed by atoms with Gasteiger partial charge >= 0.3 is 0 Å². The van der Waals surface area contributed by atoms with Crippen molar-refractivity contribution >= 4 is 16.8 Å². The normalized spacial score (nSPS) is 31.4. The van der Waals surface area contributed by atoms with Crippen LogP contribution >= 0.6 is 11.6 Å². The number of hydrogen-bond acceptors (Lipinski definition) is 1. The highest BCUT2D eigenvalue weighted by molar-refractivity contribution is 6.64. The predicted molar refractivity (Wildman–Crippen MR) is 74.1 cm³/mol. The molecule has 2 atom stereocenters. The molecule has 1 fully saturated rings. The van der Waals surface area contributed by atoms with Gasteiger partial charge < -0.3 is 0 Å². The summed E-state index contributed by atoms with van der Waals surface area (Å²) in [5.74, 6) is 0.876. The van der Waals surface area contributed by atoms with E-state index in [1.165, 1.54) is 6.42 Å². The van der Waals surface area contributed by atoms with Gasteiger partial charge in [-0.05, 0) is 47.1 Å². The third kappa shape index (κ3) is 3.47. The third-order valence-corrected chi connectivity index (χ3v) is 4.64. The second kappa shape index (κ2) is 4.91. The molecule has 0 bridgehead atoms. The Bertz CT molecular complexity index is 260. The van der Waals surface area contributed by atoms with Crippen molar-refractivity contribution in [2.75, 3.05) is 0 Å². The van der Waals surface area contributed by atoms with Crippen LogP contribution < -0.4 is 0 Å². The van der Waals surface area contributed by atoms with E-state index in [2.05, 4.69) is 41.5 Å². The molecule has 17 heavy (non-hydrogen) atoms. The van der Waals surface area contributed by atoms with Gasteiger partial charge in [0.15, 0.2) is 0 Å². The Hall–Kier alpha value is -0.0400. The summed E-state index contributed by atoms with van der Waals surface area (Å²) in [4.78, 5) is 11.9. The molecular formula is C15H27ClO. The summed E-state index contributed by atoms with van der Waals surface area (Å²) in [5.41, 5.74) is 0.332. The van der Waals surface area contributed by atoms with Gasteiger partial charge in [0.25, 0.3) is 0 Å². The van der Waals surface area contributed by atoms with Crippen LogP contribution in [0.25, 0.3) is 0 Å². The second-order valence-corrected chi connectivity index (χ2v) is 8.08. The highest BCUT2D eigenvalue weighted by Crippen LogP contribution is 2.50. The van der Waals surface area contributed by atoms with Crippen molar-refractivity contribution in [3.8, 4) is 0 Å². The topological polar surface area (TPSA) is 17.1 Å². The molecular weight excluding hydrogens is 232 g/mol. The zero-order valence-corrected chi connectivity index (χ0v) is 12.9. The Morgan fingerprint density at radius 1 is 0.941 bits per heavy atom. The van der Waals surface area contributed by atoms with E-state index in [0.29, 0.717) is 11.8 Å². The van der Waals surface area contributed by atoms with Crippen LogP contribution in [0.3, 0.4) is 0 Å². The van der Waals surface area contributed by atoms with Gasteiger partial charge in [-0.3, -0.25) is 4.79 Å². The van der Waals surface area contributed by atoms with Gasteiger partial charge in [-0.25, -0.2) is 0 Å². The first-order valence-electron chi connectivity index (χ1n) is 6.74. The molecule has 100 valence electrons. The second-order valence-electron chi connectivity index (χ2n) is 7.71. The first-order chi connectivity index (χ1) is 7.55. The molecule has 0 aromatic rings. The zero-order chi connectivity index (χ0) is 13.4. The summed E-state index contributed by atoms with van der Waals surface area (Å²) >= 11 is 5.92. The van der Waals surface area contributed by atoms with Gasteiger partial charge in [-0.1, -0.05) is 48.0 Å². The molecule has 1 nitrogen and oxygen atoms in total. The van der Waals surface area contributed by atoms with E-state index < -0.39 is 0 Å². The molecule has 1 rings (SSSR count). The number of carbonyl (C=O) groups is 1. The molecule has 0 heterocycles. The highest BCUT2D eigenvalue weighted by Gasteiger charge is 2.46. The fourth-order valence-electron chi connectivity index (χ4n) is 3.46. The lowest BCUT2D eigenvalue weighted by atomic mass is 9.57. The monoisotopic (exact) mass is 258 g/mol. The van der Waals surface area contributed by atoms with Crippen LogP contribution in [0.4, 0.5) is 0 Å². The van der Waals surface area contributed by atoms with Crippen LogP contribution in [-0.2, 0) is 4.79 Å². The molecule has 0 N–H and O–H groups in total. The van der Waals surface area contributed by atoms with Crippen molar-refractivity contribution in [2.24, 2.45) is 28.6 Å². The molecule has 0 aromatic heterocycles. The predicted octanol–water partition coefficient (Wildman–Crippen LogP) is 4.88. The minimum Gasteiger partial charge on any atom is -0.281 e. The van der Waals surface area contributed by atoms with Crippen LogP contribution in [-0.4, -0.2) is 5.24 Å². The fourth-order valence-corrected chi connectivity index (χ4v) is 3.76. The zero-order valence-electron chi connectivity index (χ0n) is 12.1. The van der Waals surface area contributed by atoms with Gasteiger partial charge in [-0.15, -0.1) is 0 Å². The molecule has 0 spiro atoms. The summed E-state index contributed by atoms with van der Waals surface area (Å²) in [7, 11) is 0. The third-order valence-electron chi connectivity index (χ3n) is 4.38. The molecule has 2 heteroatoms.